The van der Waals surface area contributed by atoms with Gasteiger partial charge in [-0.1, -0.05) is 19.4 Å². The Kier molecular flexibility index (Phi) is 2.81. The van der Waals surface area contributed by atoms with Crippen molar-refractivity contribution < 1.29 is 4.92 Å². The van der Waals surface area contributed by atoms with E-state index < -0.39 is 0 Å². The molecule has 4 nitrogen and oxygen atoms in total. The van der Waals surface area contributed by atoms with Crippen molar-refractivity contribution in [3.05, 3.63) is 34.4 Å². The zero-order valence-corrected chi connectivity index (χ0v) is 9.40. The summed E-state index contributed by atoms with van der Waals surface area (Å²) in [4.78, 5) is 10.2. The molecule has 4 heteroatoms. The lowest BCUT2D eigenvalue weighted by Crippen LogP contribution is -2.33. The summed E-state index contributed by atoms with van der Waals surface area (Å²) in [5, 5.41) is 13.9. The second-order valence-electron chi connectivity index (χ2n) is 4.83. The van der Waals surface area contributed by atoms with Crippen LogP contribution in [0.5, 0.6) is 0 Å². The molecule has 1 N–H and O–H groups in total. The molecule has 0 heterocycles. The molecule has 0 aromatic heterocycles. The van der Waals surface area contributed by atoms with E-state index in [2.05, 4.69) is 12.2 Å². The fraction of sp³-hybridized carbons (Fsp3) is 0.500. The van der Waals surface area contributed by atoms with E-state index in [0.717, 1.165) is 12.2 Å². The van der Waals surface area contributed by atoms with Crippen LogP contribution in [0.25, 0.3) is 0 Å². The van der Waals surface area contributed by atoms with Crippen molar-refractivity contribution in [3.8, 4) is 0 Å². The van der Waals surface area contributed by atoms with Crippen LogP contribution >= 0.6 is 0 Å². The van der Waals surface area contributed by atoms with Gasteiger partial charge < -0.3 is 5.32 Å². The molecule has 1 aromatic carbocycles. The van der Waals surface area contributed by atoms with Crippen LogP contribution in [0.1, 0.15) is 26.2 Å². The fourth-order valence-corrected chi connectivity index (χ4v) is 2.00. The van der Waals surface area contributed by atoms with Gasteiger partial charge in [0, 0.05) is 24.4 Å². The van der Waals surface area contributed by atoms with E-state index in [1.165, 1.54) is 25.3 Å². The fourth-order valence-electron chi connectivity index (χ4n) is 2.00. The number of nitrogens with zero attached hydrogens (tertiary/aromatic N) is 1. The maximum atomic E-state index is 10.6. The minimum atomic E-state index is -0.365. The topological polar surface area (TPSA) is 55.2 Å². The van der Waals surface area contributed by atoms with Gasteiger partial charge in [0.15, 0.2) is 0 Å². The SMILES string of the molecule is CC1(CNc2cccc([N+](=O)[O-])c2)CCC1. The summed E-state index contributed by atoms with van der Waals surface area (Å²) in [7, 11) is 0. The van der Waals surface area contributed by atoms with Gasteiger partial charge >= 0.3 is 0 Å². The van der Waals surface area contributed by atoms with Crippen LogP contribution in [0.15, 0.2) is 24.3 Å². The van der Waals surface area contributed by atoms with Crippen molar-refractivity contribution in [3.63, 3.8) is 0 Å². The van der Waals surface area contributed by atoms with Gasteiger partial charge in [0.1, 0.15) is 0 Å². The summed E-state index contributed by atoms with van der Waals surface area (Å²) in [6.07, 6.45) is 3.79. The number of benzene rings is 1. The first kappa shape index (κ1) is 10.9. The number of hydrogen-bond donors (Lipinski definition) is 1. The zero-order chi connectivity index (χ0) is 11.6. The standard InChI is InChI=1S/C12H16N2O2/c1-12(6-3-7-12)9-13-10-4-2-5-11(8-10)14(15)16/h2,4-5,8,13H,3,6-7,9H2,1H3. The Hall–Kier alpha value is -1.58. The van der Waals surface area contributed by atoms with E-state index in [0.29, 0.717) is 5.41 Å². The molecule has 0 amide bonds. The average molecular weight is 220 g/mol. The Morgan fingerprint density at radius 2 is 2.25 bits per heavy atom. The van der Waals surface area contributed by atoms with Crippen molar-refractivity contribution in [2.75, 3.05) is 11.9 Å². The molecule has 0 atom stereocenters. The third-order valence-electron chi connectivity index (χ3n) is 3.34. The van der Waals surface area contributed by atoms with Crippen molar-refractivity contribution in [1.82, 2.24) is 0 Å². The van der Waals surface area contributed by atoms with Crippen LogP contribution in [0, 0.1) is 15.5 Å². The van der Waals surface area contributed by atoms with Crippen molar-refractivity contribution in [2.24, 2.45) is 5.41 Å². The molecule has 1 saturated carbocycles. The number of hydrogen-bond acceptors (Lipinski definition) is 3. The molecule has 1 fully saturated rings. The van der Waals surface area contributed by atoms with Gasteiger partial charge in [-0.3, -0.25) is 10.1 Å². The number of rotatable bonds is 4. The highest BCUT2D eigenvalue weighted by Gasteiger charge is 2.31. The third kappa shape index (κ3) is 2.32. The molecule has 0 saturated heterocycles. The van der Waals surface area contributed by atoms with Gasteiger partial charge in [-0.05, 0) is 24.3 Å². The van der Waals surface area contributed by atoms with Gasteiger partial charge in [-0.2, -0.15) is 0 Å². The first-order valence-electron chi connectivity index (χ1n) is 5.57. The first-order chi connectivity index (χ1) is 7.59. The second-order valence-corrected chi connectivity index (χ2v) is 4.83. The predicted molar refractivity (Wildman–Crippen MR) is 63.5 cm³/mol. The number of nitro benzene ring substituents is 1. The number of nitro groups is 1. The molecule has 86 valence electrons. The minimum Gasteiger partial charge on any atom is -0.384 e. The highest BCUT2D eigenvalue weighted by molar-refractivity contribution is 5.51. The predicted octanol–water partition coefficient (Wildman–Crippen LogP) is 3.20. The molecule has 2 rings (SSSR count). The van der Waals surface area contributed by atoms with E-state index in [1.54, 1.807) is 12.1 Å². The molecule has 1 aliphatic rings. The molecular formula is C12H16N2O2. The van der Waals surface area contributed by atoms with Gasteiger partial charge in [0.2, 0.25) is 0 Å². The maximum absolute atomic E-state index is 10.6. The van der Waals surface area contributed by atoms with Gasteiger partial charge in [0.25, 0.3) is 5.69 Å². The number of anilines is 1. The monoisotopic (exact) mass is 220 g/mol. The molecule has 1 aliphatic carbocycles. The molecule has 1 aromatic rings. The third-order valence-corrected chi connectivity index (χ3v) is 3.34. The highest BCUT2D eigenvalue weighted by Crippen LogP contribution is 2.40. The summed E-state index contributed by atoms with van der Waals surface area (Å²) in [6.45, 7) is 3.15. The number of nitrogens with one attached hydrogen (secondary N) is 1. The van der Waals surface area contributed by atoms with Crippen LogP contribution in [0.2, 0.25) is 0 Å². The Bertz CT molecular complexity index is 400. The van der Waals surface area contributed by atoms with Crippen molar-refractivity contribution in [1.29, 1.82) is 0 Å². The largest absolute Gasteiger partial charge is 0.384 e. The summed E-state index contributed by atoms with van der Waals surface area (Å²) in [6, 6.07) is 6.68. The van der Waals surface area contributed by atoms with Crippen LogP contribution < -0.4 is 5.32 Å². The minimum absolute atomic E-state index is 0.142. The smallest absolute Gasteiger partial charge is 0.271 e. The van der Waals surface area contributed by atoms with Gasteiger partial charge in [-0.25, -0.2) is 0 Å². The summed E-state index contributed by atoms with van der Waals surface area (Å²) in [5.74, 6) is 0. The molecule has 0 spiro atoms. The molecule has 0 aliphatic heterocycles. The second kappa shape index (κ2) is 4.12. The molecule has 16 heavy (non-hydrogen) atoms. The lowest BCUT2D eigenvalue weighted by atomic mass is 9.70. The van der Waals surface area contributed by atoms with E-state index in [4.69, 9.17) is 0 Å². The quantitative estimate of drug-likeness (QED) is 0.626. The van der Waals surface area contributed by atoms with E-state index in [9.17, 15) is 10.1 Å². The van der Waals surface area contributed by atoms with Crippen LogP contribution in [-0.4, -0.2) is 11.5 Å². The summed E-state index contributed by atoms with van der Waals surface area (Å²) < 4.78 is 0. The van der Waals surface area contributed by atoms with Crippen molar-refractivity contribution in [2.45, 2.75) is 26.2 Å². The van der Waals surface area contributed by atoms with Crippen LogP contribution in [-0.2, 0) is 0 Å². The first-order valence-corrected chi connectivity index (χ1v) is 5.57. The van der Waals surface area contributed by atoms with Crippen LogP contribution in [0.4, 0.5) is 11.4 Å². The van der Waals surface area contributed by atoms with E-state index in [-0.39, 0.29) is 10.6 Å². The maximum Gasteiger partial charge on any atom is 0.271 e. The molecule has 0 bridgehead atoms. The number of non-ortho nitro benzene ring substituents is 1. The Labute approximate surface area is 94.8 Å². The van der Waals surface area contributed by atoms with Gasteiger partial charge in [-0.15, -0.1) is 0 Å². The normalized spacial score (nSPS) is 17.6. The lowest BCUT2D eigenvalue weighted by molar-refractivity contribution is -0.384. The van der Waals surface area contributed by atoms with Crippen molar-refractivity contribution >= 4 is 11.4 Å². The Balaban J connectivity index is 1.98. The molecular weight excluding hydrogens is 204 g/mol. The van der Waals surface area contributed by atoms with E-state index in [1.807, 2.05) is 6.07 Å². The summed E-state index contributed by atoms with van der Waals surface area (Å²) in [5.41, 5.74) is 1.36. The Morgan fingerprint density at radius 1 is 1.50 bits per heavy atom. The van der Waals surface area contributed by atoms with E-state index >= 15 is 0 Å². The highest BCUT2D eigenvalue weighted by atomic mass is 16.6. The Morgan fingerprint density at radius 3 is 2.81 bits per heavy atom. The van der Waals surface area contributed by atoms with Gasteiger partial charge in [0.05, 0.1) is 4.92 Å². The molecule has 0 radical (unpaired) electrons. The zero-order valence-electron chi connectivity index (χ0n) is 9.40. The lowest BCUT2D eigenvalue weighted by Gasteiger charge is -2.38. The molecule has 0 unspecified atom stereocenters. The summed E-state index contributed by atoms with van der Waals surface area (Å²) >= 11 is 0. The average Bonchev–Trinajstić information content (AvgIpc) is 2.24. The van der Waals surface area contributed by atoms with Crippen LogP contribution in [0.3, 0.4) is 0 Å².